The Labute approximate surface area is 97.2 Å². The van der Waals surface area contributed by atoms with Gasteiger partial charge < -0.3 is 15.7 Å². The molecule has 5 heteroatoms. The van der Waals surface area contributed by atoms with Crippen molar-refractivity contribution in [2.24, 2.45) is 5.92 Å². The fraction of sp³-hybridized carbons (Fsp3) is 0.900. The number of carbonyl (C=O) groups is 1. The molecule has 1 fully saturated rings. The Kier molecular flexibility index (Phi) is 6.89. The highest BCUT2D eigenvalue weighted by Gasteiger charge is 2.27. The van der Waals surface area contributed by atoms with Crippen molar-refractivity contribution in [1.29, 1.82) is 0 Å². The summed E-state index contributed by atoms with van der Waals surface area (Å²) in [6, 6.07) is 0.248. The molecular weight excluding hydrogens is 216 g/mol. The SMILES string of the molecule is CC(O)CNC(=O)[C@@H]1CCCN[C@@H]1C.Cl. The molecule has 0 saturated carbocycles. The van der Waals surface area contributed by atoms with Crippen molar-refractivity contribution < 1.29 is 9.90 Å². The number of rotatable bonds is 3. The van der Waals surface area contributed by atoms with Crippen molar-refractivity contribution in [2.45, 2.75) is 38.8 Å². The number of carbonyl (C=O) groups excluding carboxylic acids is 1. The number of aliphatic hydroxyl groups is 1. The molecule has 1 aliphatic heterocycles. The Hall–Kier alpha value is -0.320. The van der Waals surface area contributed by atoms with Crippen LogP contribution in [-0.4, -0.2) is 36.2 Å². The third-order valence-corrected chi connectivity index (χ3v) is 2.67. The lowest BCUT2D eigenvalue weighted by Gasteiger charge is -2.29. The van der Waals surface area contributed by atoms with Crippen molar-refractivity contribution in [2.75, 3.05) is 13.1 Å². The van der Waals surface area contributed by atoms with Crippen molar-refractivity contribution >= 4 is 18.3 Å². The predicted octanol–water partition coefficient (Wildman–Crippen LogP) is 0.293. The zero-order valence-corrected chi connectivity index (χ0v) is 10.1. The Morgan fingerprint density at radius 1 is 1.67 bits per heavy atom. The molecule has 0 radical (unpaired) electrons. The van der Waals surface area contributed by atoms with Gasteiger partial charge in [-0.2, -0.15) is 0 Å². The van der Waals surface area contributed by atoms with Crippen molar-refractivity contribution in [3.8, 4) is 0 Å². The lowest BCUT2D eigenvalue weighted by Crippen LogP contribution is -2.47. The van der Waals surface area contributed by atoms with Gasteiger partial charge in [-0.05, 0) is 33.2 Å². The molecule has 1 saturated heterocycles. The predicted molar refractivity (Wildman–Crippen MR) is 62.1 cm³/mol. The molecule has 1 amide bonds. The summed E-state index contributed by atoms with van der Waals surface area (Å²) in [5.74, 6) is 0.119. The highest BCUT2D eigenvalue weighted by molar-refractivity contribution is 5.85. The minimum atomic E-state index is -0.467. The first-order chi connectivity index (χ1) is 6.61. The molecule has 1 aliphatic rings. The largest absolute Gasteiger partial charge is 0.392 e. The van der Waals surface area contributed by atoms with E-state index in [1.54, 1.807) is 6.92 Å². The van der Waals surface area contributed by atoms with Gasteiger partial charge in [0.25, 0.3) is 0 Å². The van der Waals surface area contributed by atoms with Gasteiger partial charge in [0.2, 0.25) is 5.91 Å². The zero-order valence-electron chi connectivity index (χ0n) is 9.32. The molecular formula is C10H21ClN2O2. The molecule has 4 nitrogen and oxygen atoms in total. The Bertz CT molecular complexity index is 200. The fourth-order valence-corrected chi connectivity index (χ4v) is 1.78. The Balaban J connectivity index is 0.00000196. The molecule has 3 atom stereocenters. The van der Waals surface area contributed by atoms with Crippen LogP contribution in [0.3, 0.4) is 0 Å². The normalized spacial score (nSPS) is 27.7. The average Bonchev–Trinajstić information content (AvgIpc) is 2.15. The molecule has 1 heterocycles. The van der Waals surface area contributed by atoms with Crippen molar-refractivity contribution in [1.82, 2.24) is 10.6 Å². The van der Waals surface area contributed by atoms with E-state index in [-0.39, 0.29) is 30.3 Å². The number of hydrogen-bond donors (Lipinski definition) is 3. The summed E-state index contributed by atoms with van der Waals surface area (Å²) < 4.78 is 0. The molecule has 1 unspecified atom stereocenters. The second-order valence-electron chi connectivity index (χ2n) is 4.09. The fourth-order valence-electron chi connectivity index (χ4n) is 1.78. The lowest BCUT2D eigenvalue weighted by molar-refractivity contribution is -0.126. The van der Waals surface area contributed by atoms with Crippen LogP contribution < -0.4 is 10.6 Å². The Morgan fingerprint density at radius 2 is 2.33 bits per heavy atom. The average molecular weight is 237 g/mol. The zero-order chi connectivity index (χ0) is 10.6. The first-order valence-electron chi connectivity index (χ1n) is 5.30. The Morgan fingerprint density at radius 3 is 2.87 bits per heavy atom. The van der Waals surface area contributed by atoms with E-state index in [1.807, 2.05) is 6.92 Å². The molecule has 1 rings (SSSR count). The van der Waals surface area contributed by atoms with E-state index in [0.29, 0.717) is 6.54 Å². The van der Waals surface area contributed by atoms with E-state index in [9.17, 15) is 4.79 Å². The van der Waals surface area contributed by atoms with E-state index in [1.165, 1.54) is 0 Å². The van der Waals surface area contributed by atoms with Crippen LogP contribution in [0.4, 0.5) is 0 Å². The van der Waals surface area contributed by atoms with Crippen LogP contribution in [0.15, 0.2) is 0 Å². The summed E-state index contributed by atoms with van der Waals surface area (Å²) >= 11 is 0. The second kappa shape index (κ2) is 7.04. The van der Waals surface area contributed by atoms with Gasteiger partial charge in [0.05, 0.1) is 12.0 Å². The van der Waals surface area contributed by atoms with E-state index >= 15 is 0 Å². The highest BCUT2D eigenvalue weighted by Crippen LogP contribution is 2.15. The third kappa shape index (κ3) is 4.82. The van der Waals surface area contributed by atoms with Crippen LogP contribution in [0.25, 0.3) is 0 Å². The summed E-state index contributed by atoms with van der Waals surface area (Å²) in [7, 11) is 0. The molecule has 15 heavy (non-hydrogen) atoms. The maximum absolute atomic E-state index is 11.7. The van der Waals surface area contributed by atoms with Gasteiger partial charge in [-0.15, -0.1) is 12.4 Å². The summed E-state index contributed by atoms with van der Waals surface area (Å²) in [5.41, 5.74) is 0. The minimum absolute atomic E-state index is 0. The number of hydrogen-bond acceptors (Lipinski definition) is 3. The standard InChI is InChI=1S/C10H20N2O2.ClH/c1-7(13)6-12-10(14)9-4-3-5-11-8(9)2;/h7-9,11,13H,3-6H2,1-2H3,(H,12,14);1H/t7?,8-,9-;/m1./s1. The van der Waals surface area contributed by atoms with Gasteiger partial charge in [-0.3, -0.25) is 4.79 Å². The van der Waals surface area contributed by atoms with Crippen LogP contribution in [0.1, 0.15) is 26.7 Å². The van der Waals surface area contributed by atoms with Gasteiger partial charge in [-0.1, -0.05) is 0 Å². The molecule has 0 aromatic rings. The van der Waals surface area contributed by atoms with Crippen LogP contribution in [-0.2, 0) is 4.79 Å². The van der Waals surface area contributed by atoms with E-state index < -0.39 is 6.10 Å². The lowest BCUT2D eigenvalue weighted by atomic mass is 9.91. The van der Waals surface area contributed by atoms with Crippen LogP contribution in [0.2, 0.25) is 0 Å². The second-order valence-corrected chi connectivity index (χ2v) is 4.09. The van der Waals surface area contributed by atoms with Crippen molar-refractivity contribution in [3.63, 3.8) is 0 Å². The molecule has 3 N–H and O–H groups in total. The number of amides is 1. The summed E-state index contributed by atoms with van der Waals surface area (Å²) in [6.45, 7) is 5.05. The summed E-state index contributed by atoms with van der Waals surface area (Å²) in [4.78, 5) is 11.7. The molecule has 0 aromatic carbocycles. The van der Waals surface area contributed by atoms with Crippen molar-refractivity contribution in [3.05, 3.63) is 0 Å². The molecule has 0 spiro atoms. The van der Waals surface area contributed by atoms with Crippen LogP contribution >= 0.6 is 12.4 Å². The van der Waals surface area contributed by atoms with E-state index in [4.69, 9.17) is 5.11 Å². The van der Waals surface area contributed by atoms with Crippen LogP contribution in [0.5, 0.6) is 0 Å². The maximum atomic E-state index is 11.7. The first kappa shape index (κ1) is 14.7. The van der Waals surface area contributed by atoms with Gasteiger partial charge >= 0.3 is 0 Å². The third-order valence-electron chi connectivity index (χ3n) is 2.67. The first-order valence-corrected chi connectivity index (χ1v) is 5.30. The monoisotopic (exact) mass is 236 g/mol. The quantitative estimate of drug-likeness (QED) is 0.660. The molecule has 0 aliphatic carbocycles. The number of aliphatic hydroxyl groups excluding tert-OH is 1. The smallest absolute Gasteiger partial charge is 0.224 e. The van der Waals surface area contributed by atoms with Crippen LogP contribution in [0, 0.1) is 5.92 Å². The highest BCUT2D eigenvalue weighted by atomic mass is 35.5. The van der Waals surface area contributed by atoms with E-state index in [0.717, 1.165) is 19.4 Å². The maximum Gasteiger partial charge on any atom is 0.224 e. The topological polar surface area (TPSA) is 61.4 Å². The van der Waals surface area contributed by atoms with Gasteiger partial charge in [0.15, 0.2) is 0 Å². The molecule has 0 bridgehead atoms. The summed E-state index contributed by atoms with van der Waals surface area (Å²) in [5, 5.41) is 15.1. The number of nitrogens with one attached hydrogen (secondary N) is 2. The summed E-state index contributed by atoms with van der Waals surface area (Å²) in [6.07, 6.45) is 1.53. The number of halogens is 1. The van der Waals surface area contributed by atoms with Gasteiger partial charge in [-0.25, -0.2) is 0 Å². The number of piperidine rings is 1. The van der Waals surface area contributed by atoms with Gasteiger partial charge in [0, 0.05) is 12.6 Å². The van der Waals surface area contributed by atoms with Gasteiger partial charge in [0.1, 0.15) is 0 Å². The molecule has 90 valence electrons. The van der Waals surface area contributed by atoms with E-state index in [2.05, 4.69) is 10.6 Å². The minimum Gasteiger partial charge on any atom is -0.392 e. The molecule has 0 aromatic heterocycles.